The first-order chi connectivity index (χ1) is 7.77. The molecule has 1 heterocycles. The van der Waals surface area contributed by atoms with E-state index in [4.69, 9.17) is 0 Å². The van der Waals surface area contributed by atoms with Crippen LogP contribution in [0.1, 0.15) is 24.6 Å². The van der Waals surface area contributed by atoms with Crippen LogP contribution in [0.4, 0.5) is 4.79 Å². The Morgan fingerprint density at radius 3 is 2.50 bits per heavy atom. The van der Waals surface area contributed by atoms with Crippen molar-refractivity contribution in [2.45, 2.75) is 19.1 Å². The van der Waals surface area contributed by atoms with E-state index in [2.05, 4.69) is 5.32 Å². The number of carbonyl (C=O) groups is 1. The summed E-state index contributed by atoms with van der Waals surface area (Å²) in [5.74, 6) is 0. The monoisotopic (exact) mass is 220 g/mol. The molecule has 1 atom stereocenters. The van der Waals surface area contributed by atoms with E-state index in [-0.39, 0.29) is 6.03 Å². The van der Waals surface area contributed by atoms with Gasteiger partial charge in [-0.3, -0.25) is 0 Å². The van der Waals surface area contributed by atoms with E-state index in [0.717, 1.165) is 25.9 Å². The second kappa shape index (κ2) is 4.99. The highest BCUT2D eigenvalue weighted by Crippen LogP contribution is 2.12. The Bertz CT molecular complexity index is 347. The lowest BCUT2D eigenvalue weighted by atomic mass is 10.2. The fraction of sp³-hybridized carbons (Fsp3) is 0.417. The van der Waals surface area contributed by atoms with E-state index >= 15 is 0 Å². The van der Waals surface area contributed by atoms with Crippen LogP contribution in [-0.4, -0.2) is 29.1 Å². The van der Waals surface area contributed by atoms with Crippen molar-refractivity contribution in [1.29, 1.82) is 0 Å². The maximum Gasteiger partial charge on any atom is 0.319 e. The van der Waals surface area contributed by atoms with Gasteiger partial charge in [-0.25, -0.2) is 4.79 Å². The fourth-order valence-corrected chi connectivity index (χ4v) is 1.85. The number of carbonyl (C=O) groups excluding carboxylic acids is 1. The quantitative estimate of drug-likeness (QED) is 0.742. The Kier molecular flexibility index (Phi) is 3.41. The first kappa shape index (κ1) is 11.0. The molecule has 0 saturated carbocycles. The summed E-state index contributed by atoms with van der Waals surface area (Å²) in [5.41, 5.74) is 0.704. The number of hydrogen-bond donors (Lipinski definition) is 2. The van der Waals surface area contributed by atoms with Crippen molar-refractivity contribution in [2.75, 3.05) is 13.1 Å². The molecule has 0 spiro atoms. The summed E-state index contributed by atoms with van der Waals surface area (Å²) in [5, 5.41) is 12.4. The van der Waals surface area contributed by atoms with Crippen LogP contribution in [-0.2, 0) is 0 Å². The van der Waals surface area contributed by atoms with Gasteiger partial charge in [-0.1, -0.05) is 30.3 Å². The summed E-state index contributed by atoms with van der Waals surface area (Å²) in [4.78, 5) is 13.4. The first-order valence-corrected chi connectivity index (χ1v) is 5.56. The Hall–Kier alpha value is -1.55. The van der Waals surface area contributed by atoms with E-state index in [0.29, 0.717) is 5.56 Å². The molecule has 1 aromatic rings. The van der Waals surface area contributed by atoms with Gasteiger partial charge in [0.05, 0.1) is 0 Å². The third-order valence-corrected chi connectivity index (χ3v) is 2.77. The molecule has 4 nitrogen and oxygen atoms in total. The molecule has 1 fully saturated rings. The van der Waals surface area contributed by atoms with Gasteiger partial charge in [0.1, 0.15) is 0 Å². The zero-order valence-electron chi connectivity index (χ0n) is 9.10. The van der Waals surface area contributed by atoms with Gasteiger partial charge in [-0.2, -0.15) is 0 Å². The van der Waals surface area contributed by atoms with Crippen molar-refractivity contribution >= 4 is 6.03 Å². The Balaban J connectivity index is 1.92. The number of hydrogen-bond acceptors (Lipinski definition) is 2. The Morgan fingerprint density at radius 2 is 1.88 bits per heavy atom. The van der Waals surface area contributed by atoms with Crippen molar-refractivity contribution in [3.8, 4) is 0 Å². The van der Waals surface area contributed by atoms with E-state index in [9.17, 15) is 9.90 Å². The highest BCUT2D eigenvalue weighted by molar-refractivity contribution is 5.74. The number of nitrogens with one attached hydrogen (secondary N) is 1. The number of amides is 2. The number of urea groups is 1. The van der Waals surface area contributed by atoms with Gasteiger partial charge in [-0.15, -0.1) is 0 Å². The normalized spacial score (nSPS) is 17.2. The largest absolute Gasteiger partial charge is 0.369 e. The average Bonchev–Trinajstić information content (AvgIpc) is 2.83. The van der Waals surface area contributed by atoms with Gasteiger partial charge >= 0.3 is 6.03 Å². The predicted octanol–water partition coefficient (Wildman–Crippen LogP) is 1.48. The van der Waals surface area contributed by atoms with Crippen LogP contribution < -0.4 is 5.32 Å². The summed E-state index contributed by atoms with van der Waals surface area (Å²) >= 11 is 0. The molecular formula is C12H16N2O2. The number of benzene rings is 1. The van der Waals surface area contributed by atoms with Crippen molar-refractivity contribution in [3.05, 3.63) is 35.9 Å². The molecular weight excluding hydrogens is 204 g/mol. The maximum absolute atomic E-state index is 11.7. The SMILES string of the molecule is O=C(NC(O)c1ccccc1)N1CCCC1. The van der Waals surface area contributed by atoms with Crippen molar-refractivity contribution in [2.24, 2.45) is 0 Å². The van der Waals surface area contributed by atoms with Gasteiger partial charge in [0.2, 0.25) is 0 Å². The molecule has 0 aromatic heterocycles. The van der Waals surface area contributed by atoms with Gasteiger partial charge in [0.15, 0.2) is 6.23 Å². The van der Waals surface area contributed by atoms with E-state index in [1.807, 2.05) is 18.2 Å². The number of rotatable bonds is 2. The fourth-order valence-electron chi connectivity index (χ4n) is 1.85. The van der Waals surface area contributed by atoms with Gasteiger partial charge in [-0.05, 0) is 12.8 Å². The first-order valence-electron chi connectivity index (χ1n) is 5.56. The smallest absolute Gasteiger partial charge is 0.319 e. The van der Waals surface area contributed by atoms with Crippen LogP contribution in [0.3, 0.4) is 0 Å². The van der Waals surface area contributed by atoms with E-state index < -0.39 is 6.23 Å². The summed E-state index contributed by atoms with van der Waals surface area (Å²) in [6.45, 7) is 1.57. The molecule has 1 aliphatic rings. The molecule has 1 aromatic carbocycles. The second-order valence-electron chi connectivity index (χ2n) is 3.96. The molecule has 1 saturated heterocycles. The van der Waals surface area contributed by atoms with Crippen molar-refractivity contribution < 1.29 is 9.90 Å². The lowest BCUT2D eigenvalue weighted by Gasteiger charge is -2.19. The lowest BCUT2D eigenvalue weighted by Crippen LogP contribution is -2.39. The Labute approximate surface area is 94.9 Å². The molecule has 1 unspecified atom stereocenters. The average molecular weight is 220 g/mol. The van der Waals surface area contributed by atoms with Crippen LogP contribution >= 0.6 is 0 Å². The van der Waals surface area contributed by atoms with Crippen LogP contribution in [0, 0.1) is 0 Å². The topological polar surface area (TPSA) is 52.6 Å². The third kappa shape index (κ3) is 2.52. The molecule has 0 bridgehead atoms. The van der Waals surface area contributed by atoms with Crippen molar-refractivity contribution in [3.63, 3.8) is 0 Å². The summed E-state index contributed by atoms with van der Waals surface area (Å²) in [6.07, 6.45) is 1.18. The van der Waals surface area contributed by atoms with Gasteiger partial charge < -0.3 is 15.3 Å². The zero-order chi connectivity index (χ0) is 11.4. The second-order valence-corrected chi connectivity index (χ2v) is 3.96. The molecule has 0 radical (unpaired) electrons. The van der Waals surface area contributed by atoms with E-state index in [1.54, 1.807) is 17.0 Å². The van der Waals surface area contributed by atoms with E-state index in [1.165, 1.54) is 0 Å². The maximum atomic E-state index is 11.7. The summed E-state index contributed by atoms with van der Waals surface area (Å²) in [6, 6.07) is 8.93. The number of aliphatic hydroxyl groups excluding tert-OH is 1. The number of aliphatic hydroxyl groups is 1. The minimum absolute atomic E-state index is 0.186. The molecule has 2 amide bonds. The summed E-state index contributed by atoms with van der Waals surface area (Å²) in [7, 11) is 0. The van der Waals surface area contributed by atoms with Gasteiger partial charge in [0, 0.05) is 18.7 Å². The van der Waals surface area contributed by atoms with Crippen LogP contribution in [0.25, 0.3) is 0 Å². The molecule has 2 N–H and O–H groups in total. The number of likely N-dealkylation sites (tertiary alicyclic amines) is 1. The van der Waals surface area contributed by atoms with Crippen molar-refractivity contribution in [1.82, 2.24) is 10.2 Å². The summed E-state index contributed by atoms with van der Waals surface area (Å²) < 4.78 is 0. The van der Waals surface area contributed by atoms with Gasteiger partial charge in [0.25, 0.3) is 0 Å². The third-order valence-electron chi connectivity index (χ3n) is 2.77. The molecule has 0 aliphatic carbocycles. The van der Waals surface area contributed by atoms with Crippen LogP contribution in [0.15, 0.2) is 30.3 Å². The highest BCUT2D eigenvalue weighted by Gasteiger charge is 2.20. The highest BCUT2D eigenvalue weighted by atomic mass is 16.3. The molecule has 86 valence electrons. The Morgan fingerprint density at radius 1 is 1.25 bits per heavy atom. The molecule has 4 heteroatoms. The molecule has 16 heavy (non-hydrogen) atoms. The predicted molar refractivity (Wildman–Crippen MR) is 60.7 cm³/mol. The van der Waals surface area contributed by atoms with Crippen LogP contribution in [0.2, 0.25) is 0 Å². The number of nitrogens with zero attached hydrogens (tertiary/aromatic N) is 1. The zero-order valence-corrected chi connectivity index (χ0v) is 9.10. The molecule has 1 aliphatic heterocycles. The molecule has 2 rings (SSSR count). The lowest BCUT2D eigenvalue weighted by molar-refractivity contribution is 0.130. The van der Waals surface area contributed by atoms with Crippen LogP contribution in [0.5, 0.6) is 0 Å². The minimum atomic E-state index is -0.922. The minimum Gasteiger partial charge on any atom is -0.369 e. The standard InChI is InChI=1S/C12H16N2O2/c15-11(10-6-2-1-3-7-10)13-12(16)14-8-4-5-9-14/h1-3,6-7,11,15H,4-5,8-9H2,(H,13,16).